The Kier molecular flexibility index (Phi) is 4.51. The van der Waals surface area contributed by atoms with Crippen LogP contribution in [-0.2, 0) is 0 Å². The summed E-state index contributed by atoms with van der Waals surface area (Å²) in [6.45, 7) is 1.74. The molecule has 0 aliphatic heterocycles. The lowest BCUT2D eigenvalue weighted by Crippen LogP contribution is -2.12. The Morgan fingerprint density at radius 2 is 2.20 bits per heavy atom. The van der Waals surface area contributed by atoms with Crippen molar-refractivity contribution in [3.05, 3.63) is 34.1 Å². The van der Waals surface area contributed by atoms with Crippen LogP contribution in [0.25, 0.3) is 0 Å². The number of aliphatic hydroxyl groups is 1. The molecule has 0 saturated heterocycles. The molecule has 0 spiro atoms. The summed E-state index contributed by atoms with van der Waals surface area (Å²) in [7, 11) is 0. The smallest absolute Gasteiger partial charge is 0.126 e. The van der Waals surface area contributed by atoms with Crippen LogP contribution in [0.15, 0.2) is 12.1 Å². The molecule has 1 rings (SSSR count). The molecule has 1 atom stereocenters. The molecule has 0 aromatic heterocycles. The van der Waals surface area contributed by atoms with Crippen molar-refractivity contribution in [2.24, 2.45) is 5.73 Å². The first-order chi connectivity index (χ1) is 7.06. The normalized spacial score (nSPS) is 12.9. The van der Waals surface area contributed by atoms with Crippen molar-refractivity contribution in [3.63, 3.8) is 0 Å². The first-order valence-electron chi connectivity index (χ1n) is 4.88. The lowest BCUT2D eigenvalue weighted by molar-refractivity contribution is 0.280. The van der Waals surface area contributed by atoms with Crippen molar-refractivity contribution in [2.45, 2.75) is 25.8 Å². The zero-order valence-electron chi connectivity index (χ0n) is 8.63. The number of rotatable bonds is 4. The number of benzene rings is 1. The fourth-order valence-corrected chi connectivity index (χ4v) is 1.77. The van der Waals surface area contributed by atoms with Crippen LogP contribution in [0.2, 0.25) is 5.02 Å². The minimum Gasteiger partial charge on any atom is -0.396 e. The second kappa shape index (κ2) is 5.45. The van der Waals surface area contributed by atoms with Crippen LogP contribution in [-0.4, -0.2) is 11.7 Å². The van der Waals surface area contributed by atoms with Gasteiger partial charge in [0.25, 0.3) is 0 Å². The number of halogens is 2. The van der Waals surface area contributed by atoms with Crippen LogP contribution >= 0.6 is 11.6 Å². The van der Waals surface area contributed by atoms with Gasteiger partial charge in [-0.2, -0.15) is 0 Å². The fourth-order valence-electron chi connectivity index (χ4n) is 1.41. The van der Waals surface area contributed by atoms with E-state index >= 15 is 0 Å². The Bertz CT molecular complexity index is 344. The zero-order valence-corrected chi connectivity index (χ0v) is 9.39. The predicted molar refractivity (Wildman–Crippen MR) is 59.4 cm³/mol. The minimum atomic E-state index is -0.320. The minimum absolute atomic E-state index is 0.0830. The molecule has 0 aliphatic carbocycles. The van der Waals surface area contributed by atoms with Gasteiger partial charge in [0.15, 0.2) is 0 Å². The van der Waals surface area contributed by atoms with Gasteiger partial charge in [-0.15, -0.1) is 0 Å². The molecule has 0 heterocycles. The molecule has 4 heteroatoms. The van der Waals surface area contributed by atoms with Crippen molar-refractivity contribution >= 4 is 11.6 Å². The van der Waals surface area contributed by atoms with E-state index in [0.717, 1.165) is 0 Å². The molecule has 1 aromatic rings. The predicted octanol–water partition coefficient (Wildman–Crippen LogP) is 2.56. The van der Waals surface area contributed by atoms with Gasteiger partial charge in [0.1, 0.15) is 5.82 Å². The maximum Gasteiger partial charge on any atom is 0.126 e. The third-order valence-corrected chi connectivity index (χ3v) is 2.68. The summed E-state index contributed by atoms with van der Waals surface area (Å²) in [5.74, 6) is -0.297. The largest absolute Gasteiger partial charge is 0.396 e. The Morgan fingerprint density at radius 1 is 1.53 bits per heavy atom. The molecule has 15 heavy (non-hydrogen) atoms. The quantitative estimate of drug-likeness (QED) is 0.837. The monoisotopic (exact) mass is 231 g/mol. The van der Waals surface area contributed by atoms with E-state index in [1.807, 2.05) is 0 Å². The van der Waals surface area contributed by atoms with Crippen molar-refractivity contribution < 1.29 is 9.50 Å². The van der Waals surface area contributed by atoms with Gasteiger partial charge in [-0.05, 0) is 43.0 Å². The van der Waals surface area contributed by atoms with E-state index < -0.39 is 0 Å². The van der Waals surface area contributed by atoms with Crippen LogP contribution in [0.1, 0.15) is 30.0 Å². The Morgan fingerprint density at radius 3 is 2.80 bits per heavy atom. The number of hydrogen-bond acceptors (Lipinski definition) is 2. The molecule has 0 aliphatic rings. The molecule has 1 aromatic carbocycles. The van der Waals surface area contributed by atoms with Crippen LogP contribution < -0.4 is 5.73 Å². The summed E-state index contributed by atoms with van der Waals surface area (Å²) >= 11 is 5.97. The number of aliphatic hydroxyl groups excluding tert-OH is 1. The molecular formula is C11H15ClFNO. The first kappa shape index (κ1) is 12.4. The zero-order chi connectivity index (χ0) is 11.4. The van der Waals surface area contributed by atoms with E-state index in [9.17, 15) is 4.39 Å². The van der Waals surface area contributed by atoms with Crippen LogP contribution in [0.5, 0.6) is 0 Å². The second-order valence-electron chi connectivity index (χ2n) is 3.60. The van der Waals surface area contributed by atoms with E-state index in [2.05, 4.69) is 0 Å². The highest BCUT2D eigenvalue weighted by Gasteiger charge is 2.12. The Labute approximate surface area is 93.9 Å². The van der Waals surface area contributed by atoms with Gasteiger partial charge in [0.2, 0.25) is 0 Å². The van der Waals surface area contributed by atoms with Gasteiger partial charge in [-0.25, -0.2) is 4.39 Å². The average Bonchev–Trinajstić information content (AvgIpc) is 2.20. The lowest BCUT2D eigenvalue weighted by Gasteiger charge is -2.14. The maximum absolute atomic E-state index is 13.3. The number of aryl methyl sites for hydroxylation is 1. The molecule has 0 fully saturated rings. The summed E-state index contributed by atoms with van der Waals surface area (Å²) in [6.07, 6.45) is 1.19. The van der Waals surface area contributed by atoms with Gasteiger partial charge < -0.3 is 10.8 Å². The standard InChI is InChI=1S/C11H15ClFNO/c1-7-5-9(12)8(6-10(7)13)11(14)3-2-4-15/h5-6,11,15H,2-4,14H2,1H3. The van der Waals surface area contributed by atoms with Gasteiger partial charge in [0.05, 0.1) is 0 Å². The van der Waals surface area contributed by atoms with E-state index in [1.54, 1.807) is 13.0 Å². The van der Waals surface area contributed by atoms with E-state index in [1.165, 1.54) is 6.07 Å². The maximum atomic E-state index is 13.3. The molecule has 0 radical (unpaired) electrons. The highest BCUT2D eigenvalue weighted by atomic mass is 35.5. The van der Waals surface area contributed by atoms with Gasteiger partial charge in [-0.3, -0.25) is 0 Å². The topological polar surface area (TPSA) is 46.2 Å². The van der Waals surface area contributed by atoms with E-state index in [0.29, 0.717) is 29.0 Å². The number of nitrogens with two attached hydrogens (primary N) is 1. The Balaban J connectivity index is 2.88. The van der Waals surface area contributed by atoms with Crippen LogP contribution in [0, 0.1) is 12.7 Å². The van der Waals surface area contributed by atoms with Crippen LogP contribution in [0.4, 0.5) is 4.39 Å². The van der Waals surface area contributed by atoms with Crippen molar-refractivity contribution in [3.8, 4) is 0 Å². The SMILES string of the molecule is Cc1cc(Cl)c(C(N)CCCO)cc1F. The van der Waals surface area contributed by atoms with E-state index in [-0.39, 0.29) is 18.5 Å². The fraction of sp³-hybridized carbons (Fsp3) is 0.455. The van der Waals surface area contributed by atoms with E-state index in [4.69, 9.17) is 22.4 Å². The average molecular weight is 232 g/mol. The highest BCUT2D eigenvalue weighted by Crippen LogP contribution is 2.27. The molecule has 0 amide bonds. The summed E-state index contributed by atoms with van der Waals surface area (Å²) in [5.41, 5.74) is 6.96. The molecule has 84 valence electrons. The summed E-state index contributed by atoms with van der Waals surface area (Å²) < 4.78 is 13.3. The highest BCUT2D eigenvalue weighted by molar-refractivity contribution is 6.31. The van der Waals surface area contributed by atoms with Crippen molar-refractivity contribution in [1.29, 1.82) is 0 Å². The van der Waals surface area contributed by atoms with Gasteiger partial charge in [0, 0.05) is 17.7 Å². The molecule has 0 bridgehead atoms. The summed E-state index contributed by atoms with van der Waals surface area (Å²) in [4.78, 5) is 0. The lowest BCUT2D eigenvalue weighted by atomic mass is 10.0. The third-order valence-electron chi connectivity index (χ3n) is 2.35. The summed E-state index contributed by atoms with van der Waals surface area (Å²) in [5, 5.41) is 9.15. The van der Waals surface area contributed by atoms with Crippen molar-refractivity contribution in [1.82, 2.24) is 0 Å². The van der Waals surface area contributed by atoms with Crippen LogP contribution in [0.3, 0.4) is 0 Å². The molecule has 3 N–H and O–H groups in total. The van der Waals surface area contributed by atoms with Gasteiger partial charge >= 0.3 is 0 Å². The third kappa shape index (κ3) is 3.16. The first-order valence-corrected chi connectivity index (χ1v) is 5.26. The molecule has 2 nitrogen and oxygen atoms in total. The molecule has 1 unspecified atom stereocenters. The Hall–Kier alpha value is -0.640. The van der Waals surface area contributed by atoms with Crippen molar-refractivity contribution in [2.75, 3.05) is 6.61 Å². The summed E-state index contributed by atoms with van der Waals surface area (Å²) in [6, 6.07) is 2.63. The van der Waals surface area contributed by atoms with Gasteiger partial charge in [-0.1, -0.05) is 11.6 Å². The molecule has 0 saturated carbocycles. The number of hydrogen-bond donors (Lipinski definition) is 2. The molecular weight excluding hydrogens is 217 g/mol. The second-order valence-corrected chi connectivity index (χ2v) is 4.00.